The van der Waals surface area contributed by atoms with Crippen molar-refractivity contribution in [1.29, 1.82) is 0 Å². The van der Waals surface area contributed by atoms with E-state index in [0.717, 1.165) is 17.8 Å². The average molecular weight is 296 g/mol. The molecule has 1 aromatic heterocycles. The van der Waals surface area contributed by atoms with Gasteiger partial charge in [-0.05, 0) is 68.6 Å². The van der Waals surface area contributed by atoms with Crippen LogP contribution in [0.1, 0.15) is 51.3 Å². The van der Waals surface area contributed by atoms with Crippen LogP contribution >= 0.6 is 11.6 Å². The number of nitrogens with one attached hydrogen (secondary N) is 1. The molecular formula is C15H22ClN3O. The van der Waals surface area contributed by atoms with Crippen molar-refractivity contribution in [2.45, 2.75) is 57.4 Å². The maximum atomic E-state index is 5.71. The first kappa shape index (κ1) is 12.9. The van der Waals surface area contributed by atoms with Crippen LogP contribution in [0.2, 0.25) is 0 Å². The van der Waals surface area contributed by atoms with Crippen LogP contribution in [-0.2, 0) is 5.88 Å². The topological polar surface area (TPSA) is 51.0 Å². The van der Waals surface area contributed by atoms with E-state index in [-0.39, 0.29) is 5.88 Å². The molecule has 1 aromatic rings. The van der Waals surface area contributed by atoms with Crippen LogP contribution in [0.15, 0.2) is 4.42 Å². The molecular weight excluding hydrogens is 274 g/mol. The molecule has 110 valence electrons. The fourth-order valence-corrected chi connectivity index (χ4v) is 5.52. The Morgan fingerprint density at radius 2 is 1.80 bits per heavy atom. The normalized spacial score (nSPS) is 40.0. The Morgan fingerprint density at radius 3 is 2.30 bits per heavy atom. The largest absolute Gasteiger partial charge is 0.407 e. The Labute approximate surface area is 124 Å². The monoisotopic (exact) mass is 295 g/mol. The number of alkyl halides is 1. The highest BCUT2D eigenvalue weighted by Crippen LogP contribution is 2.61. The summed E-state index contributed by atoms with van der Waals surface area (Å²) in [6.45, 7) is 2.29. The van der Waals surface area contributed by atoms with Gasteiger partial charge in [-0.25, -0.2) is 0 Å². The zero-order valence-corrected chi connectivity index (χ0v) is 12.7. The molecule has 0 radical (unpaired) electrons. The van der Waals surface area contributed by atoms with E-state index in [1.165, 1.54) is 38.5 Å². The van der Waals surface area contributed by atoms with E-state index in [9.17, 15) is 0 Å². The lowest BCUT2D eigenvalue weighted by Gasteiger charge is -2.59. The number of rotatable bonds is 4. The first-order valence-electron chi connectivity index (χ1n) is 7.82. The Bertz CT molecular complexity index is 466. The van der Waals surface area contributed by atoms with Crippen LogP contribution in [0.4, 0.5) is 6.01 Å². The summed E-state index contributed by atoms with van der Waals surface area (Å²) in [7, 11) is 0. The third kappa shape index (κ3) is 2.03. The summed E-state index contributed by atoms with van der Waals surface area (Å²) in [6.07, 6.45) is 8.56. The molecule has 4 bridgehead atoms. The number of hydrogen-bond donors (Lipinski definition) is 1. The quantitative estimate of drug-likeness (QED) is 0.858. The van der Waals surface area contributed by atoms with E-state index in [1.54, 1.807) is 0 Å². The molecule has 1 unspecified atom stereocenters. The van der Waals surface area contributed by atoms with Crippen LogP contribution in [0.25, 0.3) is 0 Å². The maximum absolute atomic E-state index is 5.71. The molecule has 4 aliphatic carbocycles. The van der Waals surface area contributed by atoms with Gasteiger partial charge < -0.3 is 9.73 Å². The summed E-state index contributed by atoms with van der Waals surface area (Å²) >= 11 is 5.71. The number of anilines is 1. The second-order valence-corrected chi connectivity index (χ2v) is 7.55. The Hall–Kier alpha value is -0.770. The first-order valence-corrected chi connectivity index (χ1v) is 8.35. The van der Waals surface area contributed by atoms with Gasteiger partial charge >= 0.3 is 6.01 Å². The fourth-order valence-electron chi connectivity index (χ4n) is 5.41. The smallest absolute Gasteiger partial charge is 0.315 e. The van der Waals surface area contributed by atoms with Gasteiger partial charge in [0.15, 0.2) is 0 Å². The van der Waals surface area contributed by atoms with Crippen LogP contribution in [0.5, 0.6) is 0 Å². The van der Waals surface area contributed by atoms with Crippen molar-refractivity contribution >= 4 is 17.6 Å². The molecule has 0 aliphatic heterocycles. The van der Waals surface area contributed by atoms with Gasteiger partial charge in [-0.2, -0.15) is 0 Å². The lowest BCUT2D eigenvalue weighted by Crippen LogP contribution is -2.52. The summed E-state index contributed by atoms with van der Waals surface area (Å²) in [4.78, 5) is 0. The summed E-state index contributed by atoms with van der Waals surface area (Å²) in [5.41, 5.74) is 0.449. The molecule has 20 heavy (non-hydrogen) atoms. The van der Waals surface area contributed by atoms with Crippen molar-refractivity contribution in [2.24, 2.45) is 23.2 Å². The van der Waals surface area contributed by atoms with Gasteiger partial charge in [-0.1, -0.05) is 5.10 Å². The van der Waals surface area contributed by atoms with Gasteiger partial charge in [-0.15, -0.1) is 16.7 Å². The highest BCUT2D eigenvalue weighted by Gasteiger charge is 2.53. The van der Waals surface area contributed by atoms with Gasteiger partial charge in [0.25, 0.3) is 0 Å². The van der Waals surface area contributed by atoms with Gasteiger partial charge in [0, 0.05) is 6.04 Å². The van der Waals surface area contributed by atoms with Gasteiger partial charge in [-0.3, -0.25) is 0 Å². The van der Waals surface area contributed by atoms with Crippen LogP contribution in [0.3, 0.4) is 0 Å². The standard InChI is InChI=1S/C15H22ClN3O/c1-9(17-14-19-18-13(8-16)20-14)15-5-10-2-11(6-15)4-12(3-10)7-15/h9-12H,2-8H2,1H3,(H,17,19). The van der Waals surface area contributed by atoms with Crippen LogP contribution in [0, 0.1) is 23.2 Å². The molecule has 4 fully saturated rings. The molecule has 0 aromatic carbocycles. The third-order valence-electron chi connectivity index (χ3n) is 5.93. The van der Waals surface area contributed by atoms with E-state index in [2.05, 4.69) is 22.4 Å². The Kier molecular flexibility index (Phi) is 2.99. The van der Waals surface area contributed by atoms with Gasteiger partial charge in [0.2, 0.25) is 5.89 Å². The molecule has 5 rings (SSSR count). The third-order valence-corrected chi connectivity index (χ3v) is 6.15. The molecule has 4 saturated carbocycles. The number of aromatic nitrogens is 2. The van der Waals surface area contributed by atoms with Crippen molar-refractivity contribution in [3.63, 3.8) is 0 Å². The molecule has 5 heteroatoms. The summed E-state index contributed by atoms with van der Waals surface area (Å²) in [5.74, 6) is 3.66. The molecule has 1 heterocycles. The fraction of sp³-hybridized carbons (Fsp3) is 0.867. The Morgan fingerprint density at radius 1 is 1.20 bits per heavy atom. The first-order chi connectivity index (χ1) is 9.67. The van der Waals surface area contributed by atoms with E-state index < -0.39 is 0 Å². The minimum Gasteiger partial charge on any atom is -0.407 e. The molecule has 4 aliphatic rings. The zero-order valence-electron chi connectivity index (χ0n) is 11.9. The second kappa shape index (κ2) is 4.62. The molecule has 1 N–H and O–H groups in total. The van der Waals surface area contributed by atoms with Crippen LogP contribution in [-0.4, -0.2) is 16.2 Å². The lowest BCUT2D eigenvalue weighted by molar-refractivity contribution is -0.0605. The number of halogens is 1. The molecule has 0 amide bonds. The number of nitrogens with zero attached hydrogens (tertiary/aromatic N) is 2. The molecule has 1 atom stereocenters. The Balaban J connectivity index is 1.51. The second-order valence-electron chi connectivity index (χ2n) is 7.28. The van der Waals surface area contributed by atoms with E-state index >= 15 is 0 Å². The molecule has 0 saturated heterocycles. The maximum Gasteiger partial charge on any atom is 0.315 e. The predicted molar refractivity (Wildman–Crippen MR) is 77.5 cm³/mol. The van der Waals surface area contributed by atoms with Crippen molar-refractivity contribution in [1.82, 2.24) is 10.2 Å². The molecule has 0 spiro atoms. The predicted octanol–water partition coefficient (Wildman–Crippen LogP) is 3.83. The highest BCUT2D eigenvalue weighted by atomic mass is 35.5. The summed E-state index contributed by atoms with van der Waals surface area (Å²) in [5, 5.41) is 11.4. The van der Waals surface area contributed by atoms with E-state index in [4.69, 9.17) is 16.0 Å². The van der Waals surface area contributed by atoms with Gasteiger partial charge in [0.1, 0.15) is 5.88 Å². The summed E-state index contributed by atoms with van der Waals surface area (Å²) in [6, 6.07) is 0.934. The van der Waals surface area contributed by atoms with Crippen molar-refractivity contribution in [3.8, 4) is 0 Å². The van der Waals surface area contributed by atoms with Crippen molar-refractivity contribution in [3.05, 3.63) is 5.89 Å². The molecule has 4 nitrogen and oxygen atoms in total. The SMILES string of the molecule is CC(Nc1nnc(CCl)o1)C12CC3CC(CC(C3)C1)C2. The van der Waals surface area contributed by atoms with Gasteiger partial charge in [0.05, 0.1) is 0 Å². The van der Waals surface area contributed by atoms with Crippen LogP contribution < -0.4 is 5.32 Å². The number of hydrogen-bond acceptors (Lipinski definition) is 4. The average Bonchev–Trinajstić information content (AvgIpc) is 2.85. The van der Waals surface area contributed by atoms with Crippen molar-refractivity contribution in [2.75, 3.05) is 5.32 Å². The minimum atomic E-state index is 0.278. The van der Waals surface area contributed by atoms with E-state index in [0.29, 0.717) is 23.4 Å². The lowest BCUT2D eigenvalue weighted by atomic mass is 9.48. The zero-order chi connectivity index (χ0) is 13.7. The summed E-state index contributed by atoms with van der Waals surface area (Å²) < 4.78 is 5.50. The highest BCUT2D eigenvalue weighted by molar-refractivity contribution is 6.16. The van der Waals surface area contributed by atoms with E-state index in [1.807, 2.05) is 0 Å². The van der Waals surface area contributed by atoms with Crippen molar-refractivity contribution < 1.29 is 4.42 Å². The minimum absolute atomic E-state index is 0.278.